The molecule has 0 fully saturated rings. The maximum atomic E-state index is 12.1. The monoisotopic (exact) mass is 429 g/mol. The number of hydrogen-bond donors (Lipinski definition) is 1. The van der Waals surface area contributed by atoms with Gasteiger partial charge in [-0.15, -0.1) is 11.3 Å². The lowest BCUT2D eigenvalue weighted by Gasteiger charge is -2.11. The molecule has 8 nitrogen and oxygen atoms in total. The summed E-state index contributed by atoms with van der Waals surface area (Å²) >= 11 is 1.55. The number of sulfone groups is 1. The third-order valence-electron chi connectivity index (χ3n) is 4.44. The number of anilines is 2. The highest BCUT2D eigenvalue weighted by atomic mass is 32.2. The van der Waals surface area contributed by atoms with Crippen LogP contribution in [0.1, 0.15) is 4.88 Å². The van der Waals surface area contributed by atoms with Crippen LogP contribution in [0.15, 0.2) is 41.7 Å². The topological polar surface area (TPSA) is 99.0 Å². The number of nitrogens with one attached hydrogen (secondary N) is 1. The molecule has 0 spiro atoms. The van der Waals surface area contributed by atoms with Gasteiger partial charge in [-0.1, -0.05) is 0 Å². The van der Waals surface area contributed by atoms with Crippen LogP contribution in [0.5, 0.6) is 5.75 Å². The van der Waals surface area contributed by atoms with Crippen molar-refractivity contribution in [3.05, 3.63) is 41.7 Å². The molecular formula is C19H19N5O3S2. The van der Waals surface area contributed by atoms with E-state index in [4.69, 9.17) is 9.72 Å². The standard InChI is InChI=1S/C19H19N5O3S2/c1-11-17(14-7-13(29(4,25)26)5-6-15(14)27-3)18-16(28-11)9-20-19(23-18)22-12-8-21-24(2)10-12/h5-10H,1-4H3,(H,20,22,23). The minimum absolute atomic E-state index is 0.231. The number of hydrogen-bond acceptors (Lipinski definition) is 8. The third kappa shape index (κ3) is 3.68. The summed E-state index contributed by atoms with van der Waals surface area (Å²) in [4.78, 5) is 10.3. The molecule has 0 amide bonds. The number of rotatable bonds is 5. The second-order valence-corrected chi connectivity index (χ2v) is 9.87. The normalized spacial score (nSPS) is 11.7. The van der Waals surface area contributed by atoms with E-state index in [2.05, 4.69) is 15.4 Å². The van der Waals surface area contributed by atoms with Crippen molar-refractivity contribution in [2.24, 2.45) is 7.05 Å². The predicted octanol–water partition coefficient (Wildman–Crippen LogP) is 3.56. The zero-order valence-corrected chi connectivity index (χ0v) is 17.9. The van der Waals surface area contributed by atoms with Gasteiger partial charge < -0.3 is 10.1 Å². The van der Waals surface area contributed by atoms with Gasteiger partial charge in [0, 0.05) is 35.5 Å². The van der Waals surface area contributed by atoms with Gasteiger partial charge in [0.15, 0.2) is 9.84 Å². The average molecular weight is 430 g/mol. The van der Waals surface area contributed by atoms with Crippen molar-refractivity contribution in [3.63, 3.8) is 0 Å². The minimum atomic E-state index is -3.36. The molecule has 0 atom stereocenters. The molecule has 0 saturated heterocycles. The van der Waals surface area contributed by atoms with Crippen LogP contribution in [-0.2, 0) is 16.9 Å². The summed E-state index contributed by atoms with van der Waals surface area (Å²) in [5.74, 6) is 1.02. The molecule has 0 bridgehead atoms. The number of aryl methyl sites for hydroxylation is 2. The van der Waals surface area contributed by atoms with Gasteiger partial charge in [0.05, 0.1) is 40.3 Å². The van der Waals surface area contributed by atoms with E-state index >= 15 is 0 Å². The maximum Gasteiger partial charge on any atom is 0.227 e. The summed E-state index contributed by atoms with van der Waals surface area (Å²) < 4.78 is 32.3. The number of aromatic nitrogens is 4. The van der Waals surface area contributed by atoms with E-state index in [0.717, 1.165) is 26.3 Å². The summed E-state index contributed by atoms with van der Waals surface area (Å²) in [7, 11) is 0.0321. The quantitative estimate of drug-likeness (QED) is 0.518. The number of fused-ring (bicyclic) bond motifs is 1. The Bertz CT molecular complexity index is 1330. The van der Waals surface area contributed by atoms with Crippen LogP contribution in [0.3, 0.4) is 0 Å². The molecule has 0 aliphatic carbocycles. The van der Waals surface area contributed by atoms with Gasteiger partial charge in [0.2, 0.25) is 5.95 Å². The first-order valence-electron chi connectivity index (χ1n) is 8.66. The number of methoxy groups -OCH3 is 1. The molecule has 0 radical (unpaired) electrons. The molecule has 3 heterocycles. The van der Waals surface area contributed by atoms with Gasteiger partial charge in [0.25, 0.3) is 0 Å². The number of nitrogens with zero attached hydrogens (tertiary/aromatic N) is 4. The first-order valence-corrected chi connectivity index (χ1v) is 11.4. The van der Waals surface area contributed by atoms with Crippen molar-refractivity contribution in [2.45, 2.75) is 11.8 Å². The molecule has 29 heavy (non-hydrogen) atoms. The molecule has 1 aromatic carbocycles. The second kappa shape index (κ2) is 7.12. The van der Waals surface area contributed by atoms with E-state index in [1.165, 1.54) is 6.26 Å². The Hall–Kier alpha value is -2.98. The Labute approximate surface area is 172 Å². The zero-order chi connectivity index (χ0) is 20.8. The van der Waals surface area contributed by atoms with Gasteiger partial charge in [-0.05, 0) is 25.1 Å². The highest BCUT2D eigenvalue weighted by molar-refractivity contribution is 7.90. The number of benzene rings is 1. The van der Waals surface area contributed by atoms with Crippen LogP contribution in [0.4, 0.5) is 11.6 Å². The molecule has 150 valence electrons. The highest BCUT2D eigenvalue weighted by Gasteiger charge is 2.20. The molecule has 10 heteroatoms. The van der Waals surface area contributed by atoms with Crippen LogP contribution in [0.25, 0.3) is 21.3 Å². The SMILES string of the molecule is COc1ccc(S(C)(=O)=O)cc1-c1c(C)sc2cnc(Nc3cnn(C)c3)nc12. The minimum Gasteiger partial charge on any atom is -0.496 e. The van der Waals surface area contributed by atoms with Crippen molar-refractivity contribution < 1.29 is 13.2 Å². The fourth-order valence-corrected chi connectivity index (χ4v) is 4.75. The van der Waals surface area contributed by atoms with E-state index in [9.17, 15) is 8.42 Å². The van der Waals surface area contributed by atoms with Crippen LogP contribution < -0.4 is 10.1 Å². The van der Waals surface area contributed by atoms with Crippen LogP contribution in [0.2, 0.25) is 0 Å². The Balaban J connectivity index is 1.89. The molecule has 1 N–H and O–H groups in total. The van der Waals surface area contributed by atoms with Crippen molar-refractivity contribution in [1.29, 1.82) is 0 Å². The van der Waals surface area contributed by atoms with E-state index in [0.29, 0.717) is 17.3 Å². The van der Waals surface area contributed by atoms with Crippen molar-refractivity contribution in [1.82, 2.24) is 19.7 Å². The van der Waals surface area contributed by atoms with E-state index in [-0.39, 0.29) is 4.90 Å². The second-order valence-electron chi connectivity index (χ2n) is 6.60. The largest absolute Gasteiger partial charge is 0.496 e. The maximum absolute atomic E-state index is 12.1. The van der Waals surface area contributed by atoms with Gasteiger partial charge in [-0.3, -0.25) is 4.68 Å². The lowest BCUT2D eigenvalue weighted by Crippen LogP contribution is -1.99. The first kappa shape index (κ1) is 19.3. The van der Waals surface area contributed by atoms with Crippen molar-refractivity contribution in [2.75, 3.05) is 18.7 Å². The molecule has 0 saturated carbocycles. The van der Waals surface area contributed by atoms with Crippen LogP contribution in [0, 0.1) is 6.92 Å². The highest BCUT2D eigenvalue weighted by Crippen LogP contribution is 2.42. The molecule has 0 aliphatic heterocycles. The van der Waals surface area contributed by atoms with Gasteiger partial charge >= 0.3 is 0 Å². The molecule has 4 rings (SSSR count). The van der Waals surface area contributed by atoms with Gasteiger partial charge in [-0.2, -0.15) is 5.10 Å². The van der Waals surface area contributed by atoms with Gasteiger partial charge in [-0.25, -0.2) is 18.4 Å². The van der Waals surface area contributed by atoms with Crippen LogP contribution >= 0.6 is 11.3 Å². The fourth-order valence-electron chi connectivity index (χ4n) is 3.11. The zero-order valence-electron chi connectivity index (χ0n) is 16.3. The molecule has 0 aliphatic rings. The smallest absolute Gasteiger partial charge is 0.227 e. The third-order valence-corrected chi connectivity index (χ3v) is 6.58. The molecule has 4 aromatic rings. The lowest BCUT2D eigenvalue weighted by molar-refractivity contribution is 0.416. The van der Waals surface area contributed by atoms with E-state index in [1.807, 2.05) is 20.2 Å². The van der Waals surface area contributed by atoms with Gasteiger partial charge in [0.1, 0.15) is 5.75 Å². The van der Waals surface area contributed by atoms with E-state index < -0.39 is 9.84 Å². The molecule has 3 aromatic heterocycles. The Morgan fingerprint density at radius 1 is 1.24 bits per heavy atom. The Morgan fingerprint density at radius 3 is 2.69 bits per heavy atom. The summed E-state index contributed by atoms with van der Waals surface area (Å²) in [6.07, 6.45) is 6.46. The summed E-state index contributed by atoms with van der Waals surface area (Å²) in [6, 6.07) is 4.86. The fraction of sp³-hybridized carbons (Fsp3) is 0.211. The lowest BCUT2D eigenvalue weighted by atomic mass is 10.0. The summed E-state index contributed by atoms with van der Waals surface area (Å²) in [5.41, 5.74) is 3.03. The van der Waals surface area contributed by atoms with Crippen LogP contribution in [-0.4, -0.2) is 41.5 Å². The Morgan fingerprint density at radius 2 is 2.03 bits per heavy atom. The Kier molecular flexibility index (Phi) is 4.75. The van der Waals surface area contributed by atoms with Crippen molar-refractivity contribution >= 4 is 43.0 Å². The van der Waals surface area contributed by atoms with Crippen molar-refractivity contribution in [3.8, 4) is 16.9 Å². The molecule has 0 unspecified atom stereocenters. The molecular weight excluding hydrogens is 410 g/mol. The summed E-state index contributed by atoms with van der Waals surface area (Å²) in [5, 5.41) is 7.27. The summed E-state index contributed by atoms with van der Waals surface area (Å²) in [6.45, 7) is 1.97. The number of ether oxygens (including phenoxy) is 1. The predicted molar refractivity (Wildman–Crippen MR) is 114 cm³/mol. The number of thiophene rings is 1. The first-order chi connectivity index (χ1) is 13.8. The average Bonchev–Trinajstić information content (AvgIpc) is 3.22. The van der Waals surface area contributed by atoms with E-state index in [1.54, 1.807) is 53.7 Å².